The van der Waals surface area contributed by atoms with Gasteiger partial charge in [-0.2, -0.15) is 0 Å². The van der Waals surface area contributed by atoms with Gasteiger partial charge in [0.15, 0.2) is 15.8 Å². The number of methoxy groups -OCH3 is 2. The monoisotopic (exact) mass is 351 g/mol. The predicted octanol–water partition coefficient (Wildman–Crippen LogP) is 2.48. The molecule has 0 unspecified atom stereocenters. The molecule has 0 radical (unpaired) electrons. The molecule has 0 saturated heterocycles. The van der Waals surface area contributed by atoms with Crippen LogP contribution in [-0.2, 0) is 5.75 Å². The zero-order valence-electron chi connectivity index (χ0n) is 12.3. The molecule has 0 atom stereocenters. The Kier molecular flexibility index (Phi) is 4.63. The molecule has 0 amide bonds. The largest absolute Gasteiger partial charge is 0.493 e. The van der Waals surface area contributed by atoms with E-state index in [9.17, 15) is 0 Å². The number of thioether (sulfide) groups is 1. The average molecular weight is 351 g/mol. The molecule has 10 heteroatoms. The molecule has 1 aromatic carbocycles. The number of hydrogen-bond acceptors (Lipinski definition) is 10. The van der Waals surface area contributed by atoms with E-state index in [0.29, 0.717) is 34.2 Å². The summed E-state index contributed by atoms with van der Waals surface area (Å²) in [5.74, 6) is 2.64. The second-order valence-electron chi connectivity index (χ2n) is 4.27. The fraction of sp³-hybridized carbons (Fsp3) is 0.231. The molecule has 0 spiro atoms. The van der Waals surface area contributed by atoms with E-state index in [2.05, 4.69) is 20.4 Å². The van der Waals surface area contributed by atoms with Gasteiger partial charge in [-0.15, -0.1) is 20.4 Å². The number of benzene rings is 1. The molecule has 0 bridgehead atoms. The van der Waals surface area contributed by atoms with Crippen LogP contribution in [0.5, 0.6) is 11.5 Å². The van der Waals surface area contributed by atoms with Gasteiger partial charge in [-0.25, -0.2) is 0 Å². The van der Waals surface area contributed by atoms with Crippen molar-refractivity contribution in [2.75, 3.05) is 20.0 Å². The van der Waals surface area contributed by atoms with Crippen molar-refractivity contribution in [2.24, 2.45) is 0 Å². The first-order valence-corrected chi connectivity index (χ1v) is 8.26. The molecule has 8 nitrogen and oxygen atoms in total. The van der Waals surface area contributed by atoms with Crippen LogP contribution in [0.15, 0.2) is 27.0 Å². The summed E-state index contributed by atoms with van der Waals surface area (Å²) >= 11 is 2.76. The maximum atomic E-state index is 5.66. The van der Waals surface area contributed by atoms with Gasteiger partial charge >= 0.3 is 0 Å². The summed E-state index contributed by atoms with van der Waals surface area (Å²) in [4.78, 5) is 0. The molecule has 3 aromatic rings. The van der Waals surface area contributed by atoms with Crippen LogP contribution in [-0.4, -0.2) is 34.6 Å². The summed E-state index contributed by atoms with van der Waals surface area (Å²) < 4.78 is 16.9. The van der Waals surface area contributed by atoms with Crippen LogP contribution >= 0.6 is 23.1 Å². The molecule has 0 aliphatic carbocycles. The van der Waals surface area contributed by atoms with E-state index in [1.807, 2.05) is 6.07 Å². The van der Waals surface area contributed by atoms with Gasteiger partial charge in [0.25, 0.3) is 0 Å². The normalized spacial score (nSPS) is 10.7. The molecule has 0 aliphatic heterocycles. The number of ether oxygens (including phenoxy) is 2. The number of nitrogen functional groups attached to an aromatic ring is 1. The van der Waals surface area contributed by atoms with Crippen molar-refractivity contribution >= 4 is 28.2 Å². The molecule has 3 rings (SSSR count). The lowest BCUT2D eigenvalue weighted by Crippen LogP contribution is -1.90. The number of hydrogen-bond donors (Lipinski definition) is 1. The zero-order valence-corrected chi connectivity index (χ0v) is 14.0. The van der Waals surface area contributed by atoms with Crippen molar-refractivity contribution in [1.82, 2.24) is 20.4 Å². The van der Waals surface area contributed by atoms with Gasteiger partial charge in [-0.05, 0) is 18.2 Å². The predicted molar refractivity (Wildman–Crippen MR) is 86.7 cm³/mol. The summed E-state index contributed by atoms with van der Waals surface area (Å²) in [6, 6.07) is 5.41. The number of anilines is 1. The highest BCUT2D eigenvalue weighted by molar-refractivity contribution is 8.00. The number of nitrogens with zero attached hydrogens (tertiary/aromatic N) is 4. The fourth-order valence-electron chi connectivity index (χ4n) is 1.80. The lowest BCUT2D eigenvalue weighted by molar-refractivity contribution is 0.355. The fourth-order valence-corrected chi connectivity index (χ4v) is 3.27. The molecule has 0 saturated carbocycles. The number of nitrogens with two attached hydrogens (primary N) is 1. The van der Waals surface area contributed by atoms with Gasteiger partial charge in [0.1, 0.15) is 0 Å². The Morgan fingerprint density at radius 3 is 2.65 bits per heavy atom. The van der Waals surface area contributed by atoms with Crippen molar-refractivity contribution in [2.45, 2.75) is 10.1 Å². The number of aromatic nitrogens is 4. The van der Waals surface area contributed by atoms with Gasteiger partial charge in [0.05, 0.1) is 20.0 Å². The van der Waals surface area contributed by atoms with Gasteiger partial charge in [-0.1, -0.05) is 23.1 Å². The van der Waals surface area contributed by atoms with E-state index in [1.54, 1.807) is 26.4 Å². The first kappa shape index (κ1) is 15.6. The van der Waals surface area contributed by atoms with E-state index >= 15 is 0 Å². The Morgan fingerprint density at radius 2 is 1.96 bits per heavy atom. The summed E-state index contributed by atoms with van der Waals surface area (Å²) in [7, 11) is 3.16. The maximum absolute atomic E-state index is 5.66. The van der Waals surface area contributed by atoms with E-state index < -0.39 is 0 Å². The Hall–Kier alpha value is -2.33. The van der Waals surface area contributed by atoms with Crippen molar-refractivity contribution in [3.63, 3.8) is 0 Å². The first-order chi connectivity index (χ1) is 11.2. The summed E-state index contributed by atoms with van der Waals surface area (Å²) in [6.07, 6.45) is 0. The molecule has 2 aromatic heterocycles. The zero-order chi connectivity index (χ0) is 16.2. The Bertz CT molecular complexity index is 805. The lowest BCUT2D eigenvalue weighted by Gasteiger charge is -2.07. The van der Waals surface area contributed by atoms with Crippen molar-refractivity contribution in [3.8, 4) is 23.0 Å². The molecule has 23 heavy (non-hydrogen) atoms. The molecule has 0 aliphatic rings. The second kappa shape index (κ2) is 6.84. The van der Waals surface area contributed by atoms with E-state index in [4.69, 9.17) is 19.6 Å². The third kappa shape index (κ3) is 3.54. The highest BCUT2D eigenvalue weighted by atomic mass is 32.2. The molecule has 2 N–H and O–H groups in total. The van der Waals surface area contributed by atoms with Gasteiger partial charge in [-0.3, -0.25) is 0 Å². The van der Waals surface area contributed by atoms with Crippen LogP contribution in [0.25, 0.3) is 11.5 Å². The van der Waals surface area contributed by atoms with Crippen LogP contribution in [0, 0.1) is 0 Å². The van der Waals surface area contributed by atoms with Crippen molar-refractivity contribution < 1.29 is 13.9 Å². The van der Waals surface area contributed by atoms with Crippen LogP contribution in [0.4, 0.5) is 5.13 Å². The SMILES string of the molecule is COc1ccc(-c2nnc(CSc3nnc(N)s3)o2)cc1OC. The highest BCUT2D eigenvalue weighted by Crippen LogP contribution is 2.32. The Morgan fingerprint density at radius 1 is 1.13 bits per heavy atom. The Balaban J connectivity index is 1.73. The van der Waals surface area contributed by atoms with Gasteiger partial charge in [0, 0.05) is 5.56 Å². The molecule has 0 fully saturated rings. The van der Waals surface area contributed by atoms with Crippen LogP contribution < -0.4 is 15.2 Å². The van der Waals surface area contributed by atoms with Gasteiger partial charge < -0.3 is 19.6 Å². The van der Waals surface area contributed by atoms with E-state index in [0.717, 1.165) is 9.90 Å². The summed E-state index contributed by atoms with van der Waals surface area (Å²) in [5.41, 5.74) is 6.29. The van der Waals surface area contributed by atoms with Crippen LogP contribution in [0.3, 0.4) is 0 Å². The highest BCUT2D eigenvalue weighted by Gasteiger charge is 2.13. The minimum atomic E-state index is 0.415. The molecule has 2 heterocycles. The lowest BCUT2D eigenvalue weighted by atomic mass is 10.2. The smallest absolute Gasteiger partial charge is 0.247 e. The van der Waals surface area contributed by atoms with Gasteiger partial charge in [0.2, 0.25) is 16.9 Å². The minimum Gasteiger partial charge on any atom is -0.493 e. The first-order valence-electron chi connectivity index (χ1n) is 6.46. The van der Waals surface area contributed by atoms with E-state index in [-0.39, 0.29) is 0 Å². The topological polar surface area (TPSA) is 109 Å². The summed E-state index contributed by atoms with van der Waals surface area (Å²) in [6.45, 7) is 0. The molecular formula is C13H13N5O3S2. The molecule has 120 valence electrons. The number of rotatable bonds is 6. The third-order valence-corrected chi connectivity index (χ3v) is 4.71. The standard InChI is InChI=1S/C13H13N5O3S2/c1-19-8-4-3-7(5-9(8)20-2)11-16-15-10(21-11)6-22-13-18-17-12(14)23-13/h3-5H,6H2,1-2H3,(H2,14,17). The second-order valence-corrected chi connectivity index (χ2v) is 6.50. The average Bonchev–Trinajstić information content (AvgIpc) is 3.21. The van der Waals surface area contributed by atoms with Crippen molar-refractivity contribution in [1.29, 1.82) is 0 Å². The quantitative estimate of drug-likeness (QED) is 0.670. The van der Waals surface area contributed by atoms with E-state index in [1.165, 1.54) is 23.1 Å². The summed E-state index contributed by atoms with van der Waals surface area (Å²) in [5, 5.41) is 16.2. The Labute approximate surface area is 140 Å². The van der Waals surface area contributed by atoms with Crippen LogP contribution in [0.2, 0.25) is 0 Å². The maximum Gasteiger partial charge on any atom is 0.247 e. The van der Waals surface area contributed by atoms with Crippen molar-refractivity contribution in [3.05, 3.63) is 24.1 Å². The minimum absolute atomic E-state index is 0.415. The third-order valence-electron chi connectivity index (χ3n) is 2.84. The van der Waals surface area contributed by atoms with Crippen LogP contribution in [0.1, 0.15) is 5.89 Å². The molecular weight excluding hydrogens is 338 g/mol.